The third kappa shape index (κ3) is 3.98. The Kier molecular flexibility index (Phi) is 5.45. The summed E-state index contributed by atoms with van der Waals surface area (Å²) < 4.78 is 0. The normalized spacial score (nSPS) is 10.2. The highest BCUT2D eigenvalue weighted by Gasteiger charge is 2.22. The second-order valence-electron chi connectivity index (χ2n) is 5.02. The number of thiocarbonyl (C=S) groups is 1. The molecule has 0 fully saturated rings. The average Bonchev–Trinajstić information content (AvgIpc) is 2.50. The zero-order valence-corrected chi connectivity index (χ0v) is 14.5. The molecule has 9 heteroatoms. The van der Waals surface area contributed by atoms with E-state index < -0.39 is 17.5 Å². The van der Waals surface area contributed by atoms with Crippen LogP contribution in [0, 0.1) is 0 Å². The van der Waals surface area contributed by atoms with Crippen molar-refractivity contribution in [3.8, 4) is 22.6 Å². The number of para-hydroxylation sites is 1. The van der Waals surface area contributed by atoms with E-state index in [0.717, 1.165) is 0 Å². The lowest BCUT2D eigenvalue weighted by Crippen LogP contribution is -2.34. The van der Waals surface area contributed by atoms with E-state index in [1.165, 1.54) is 13.0 Å². The maximum absolute atomic E-state index is 11.3. The van der Waals surface area contributed by atoms with Crippen LogP contribution in [0.1, 0.15) is 12.5 Å². The molecule has 0 saturated heterocycles. The molecular weight excluding hydrogens is 366 g/mol. The Bertz CT molecular complexity index is 886. The minimum Gasteiger partial charge on any atom is -0.504 e. The highest BCUT2D eigenvalue weighted by molar-refractivity contribution is 7.80. The molecule has 2 rings (SSSR count). The molecule has 0 aliphatic carbocycles. The van der Waals surface area contributed by atoms with Gasteiger partial charge in [0.05, 0.1) is 10.6 Å². The van der Waals surface area contributed by atoms with Crippen molar-refractivity contribution < 1.29 is 19.8 Å². The number of nitrogens with two attached hydrogens (primary N) is 1. The summed E-state index contributed by atoms with van der Waals surface area (Å²) in [6, 6.07) is 7.09. The van der Waals surface area contributed by atoms with Gasteiger partial charge in [0.15, 0.2) is 11.5 Å². The number of halogens is 1. The van der Waals surface area contributed by atoms with Crippen LogP contribution in [0.5, 0.6) is 11.5 Å². The van der Waals surface area contributed by atoms with Crippen LogP contribution in [-0.2, 0) is 4.79 Å². The van der Waals surface area contributed by atoms with Crippen molar-refractivity contribution >= 4 is 46.4 Å². The molecule has 0 bridgehead atoms. The molecule has 0 atom stereocenters. The first kappa shape index (κ1) is 18.5. The van der Waals surface area contributed by atoms with Crippen LogP contribution >= 0.6 is 23.8 Å². The van der Waals surface area contributed by atoms with E-state index in [0.29, 0.717) is 11.3 Å². The predicted molar refractivity (Wildman–Crippen MR) is 98.9 cm³/mol. The second-order valence-corrected chi connectivity index (χ2v) is 5.84. The van der Waals surface area contributed by atoms with Crippen molar-refractivity contribution in [2.45, 2.75) is 6.92 Å². The van der Waals surface area contributed by atoms with Crippen molar-refractivity contribution in [2.24, 2.45) is 5.73 Å². The molecule has 0 spiro atoms. The molecule has 0 aliphatic rings. The maximum atomic E-state index is 11.3. The van der Waals surface area contributed by atoms with Gasteiger partial charge in [-0.2, -0.15) is 0 Å². The number of phenols is 2. The van der Waals surface area contributed by atoms with Gasteiger partial charge in [-0.05, 0) is 12.1 Å². The largest absolute Gasteiger partial charge is 0.504 e. The molecule has 0 saturated carbocycles. The highest BCUT2D eigenvalue weighted by atomic mass is 35.5. The van der Waals surface area contributed by atoms with Crippen LogP contribution < -0.4 is 16.4 Å². The van der Waals surface area contributed by atoms with Crippen molar-refractivity contribution in [2.75, 3.05) is 5.32 Å². The molecular formula is C16H14ClN3O4S. The number of phenolic OH excluding ortho intramolecular Hbond substituents is 2. The predicted octanol–water partition coefficient (Wildman–Crippen LogP) is 2.72. The number of aromatic hydroxyl groups is 2. The third-order valence-electron chi connectivity index (χ3n) is 3.22. The van der Waals surface area contributed by atoms with Gasteiger partial charge in [-0.25, -0.2) is 4.79 Å². The first-order chi connectivity index (χ1) is 11.7. The fourth-order valence-corrected chi connectivity index (χ4v) is 2.90. The van der Waals surface area contributed by atoms with Gasteiger partial charge in [-0.1, -0.05) is 42.0 Å². The summed E-state index contributed by atoms with van der Waals surface area (Å²) in [4.78, 5) is 22.0. The number of urea groups is 1. The SMILES string of the molecule is CC(=O)Nc1ccccc1-c1cc(Cl)c(C(=S)NC(N)=O)c(O)c1O. The summed E-state index contributed by atoms with van der Waals surface area (Å²) in [5, 5.41) is 25.4. The van der Waals surface area contributed by atoms with Crippen molar-refractivity contribution in [3.63, 3.8) is 0 Å². The number of nitrogens with one attached hydrogen (secondary N) is 2. The van der Waals surface area contributed by atoms with Gasteiger partial charge in [0.1, 0.15) is 4.99 Å². The molecule has 3 amide bonds. The maximum Gasteiger partial charge on any atom is 0.317 e. The van der Waals surface area contributed by atoms with E-state index >= 15 is 0 Å². The van der Waals surface area contributed by atoms with Crippen LogP contribution in [0.2, 0.25) is 5.02 Å². The number of hydrogen-bond acceptors (Lipinski definition) is 5. The summed E-state index contributed by atoms with van der Waals surface area (Å²) in [7, 11) is 0. The Labute approximate surface area is 153 Å². The lowest BCUT2D eigenvalue weighted by Gasteiger charge is -2.16. The summed E-state index contributed by atoms with van der Waals surface area (Å²) >= 11 is 11.1. The average molecular weight is 380 g/mol. The number of carbonyl (C=O) groups excluding carboxylic acids is 2. The minimum atomic E-state index is -0.931. The molecule has 0 heterocycles. The standard InChI is InChI=1S/C16H14ClN3O4S/c1-7(21)19-11-5-3-2-4-8(11)9-6-10(17)12(14(23)13(9)22)15(25)20-16(18)24/h2-6,22-23H,1H3,(H,19,21)(H3,18,20,24,25). The number of primary amides is 1. The smallest absolute Gasteiger partial charge is 0.317 e. The lowest BCUT2D eigenvalue weighted by atomic mass is 9.99. The Hall–Kier alpha value is -2.84. The molecule has 0 unspecified atom stereocenters. The van der Waals surface area contributed by atoms with Crippen molar-refractivity contribution in [1.29, 1.82) is 0 Å². The molecule has 130 valence electrons. The van der Waals surface area contributed by atoms with E-state index in [2.05, 4.69) is 10.6 Å². The Morgan fingerprint density at radius 1 is 1.16 bits per heavy atom. The van der Waals surface area contributed by atoms with Gasteiger partial charge in [-0.3, -0.25) is 10.1 Å². The fraction of sp³-hybridized carbons (Fsp3) is 0.0625. The van der Waals surface area contributed by atoms with Gasteiger partial charge in [0, 0.05) is 23.7 Å². The van der Waals surface area contributed by atoms with Crippen LogP contribution in [0.4, 0.5) is 10.5 Å². The number of anilines is 1. The van der Waals surface area contributed by atoms with E-state index in [1.54, 1.807) is 24.3 Å². The van der Waals surface area contributed by atoms with Crippen molar-refractivity contribution in [1.82, 2.24) is 5.32 Å². The number of benzene rings is 2. The van der Waals surface area contributed by atoms with E-state index in [-0.39, 0.29) is 27.0 Å². The molecule has 6 N–H and O–H groups in total. The van der Waals surface area contributed by atoms with Crippen LogP contribution in [0.3, 0.4) is 0 Å². The topological polar surface area (TPSA) is 125 Å². The monoisotopic (exact) mass is 379 g/mol. The van der Waals surface area contributed by atoms with Crippen LogP contribution in [0.25, 0.3) is 11.1 Å². The molecule has 25 heavy (non-hydrogen) atoms. The summed E-state index contributed by atoms with van der Waals surface area (Å²) in [6.45, 7) is 1.35. The van der Waals surface area contributed by atoms with Gasteiger partial charge in [-0.15, -0.1) is 0 Å². The quantitative estimate of drug-likeness (QED) is 0.414. The van der Waals surface area contributed by atoms with Crippen LogP contribution in [-0.4, -0.2) is 27.1 Å². The molecule has 0 aromatic heterocycles. The number of amides is 3. The van der Waals surface area contributed by atoms with Crippen LogP contribution in [0.15, 0.2) is 30.3 Å². The summed E-state index contributed by atoms with van der Waals surface area (Å²) in [5.74, 6) is -1.42. The highest BCUT2D eigenvalue weighted by Crippen LogP contribution is 2.44. The van der Waals surface area contributed by atoms with Crippen molar-refractivity contribution in [3.05, 3.63) is 40.9 Å². The number of rotatable bonds is 3. The third-order valence-corrected chi connectivity index (χ3v) is 3.82. The summed E-state index contributed by atoms with van der Waals surface area (Å²) in [6.07, 6.45) is 0. The van der Waals surface area contributed by atoms with Gasteiger partial charge < -0.3 is 21.3 Å². The Balaban J connectivity index is 2.61. The molecule has 0 aliphatic heterocycles. The summed E-state index contributed by atoms with van der Waals surface area (Å²) in [5.41, 5.74) is 5.90. The van der Waals surface area contributed by atoms with E-state index in [1.807, 2.05) is 0 Å². The molecule has 2 aromatic rings. The Morgan fingerprint density at radius 2 is 1.80 bits per heavy atom. The van der Waals surface area contributed by atoms with E-state index in [9.17, 15) is 19.8 Å². The van der Waals surface area contributed by atoms with Gasteiger partial charge in [0.25, 0.3) is 0 Å². The minimum absolute atomic E-state index is 0.0123. The second kappa shape index (κ2) is 7.37. The number of carbonyl (C=O) groups is 2. The zero-order valence-electron chi connectivity index (χ0n) is 13.0. The Morgan fingerprint density at radius 3 is 2.40 bits per heavy atom. The van der Waals surface area contributed by atoms with E-state index in [4.69, 9.17) is 29.6 Å². The lowest BCUT2D eigenvalue weighted by molar-refractivity contribution is -0.114. The molecule has 2 aromatic carbocycles. The first-order valence-electron chi connectivity index (χ1n) is 6.94. The van der Waals surface area contributed by atoms with Gasteiger partial charge in [0.2, 0.25) is 5.91 Å². The number of hydrogen-bond donors (Lipinski definition) is 5. The zero-order chi connectivity index (χ0) is 18.7. The fourth-order valence-electron chi connectivity index (χ4n) is 2.24. The van der Waals surface area contributed by atoms with Gasteiger partial charge >= 0.3 is 6.03 Å². The molecule has 7 nitrogen and oxygen atoms in total. The molecule has 0 radical (unpaired) electrons. The first-order valence-corrected chi connectivity index (χ1v) is 7.73.